The predicted octanol–water partition coefficient (Wildman–Crippen LogP) is 4.39. The zero-order valence-corrected chi connectivity index (χ0v) is 15.5. The first-order valence-corrected chi connectivity index (χ1v) is 10.3. The first kappa shape index (κ1) is 17.5. The molecule has 4 nitrogen and oxygen atoms in total. The second kappa shape index (κ2) is 8.65. The van der Waals surface area contributed by atoms with E-state index in [2.05, 4.69) is 34.6 Å². The van der Waals surface area contributed by atoms with Crippen LogP contribution in [0, 0.1) is 6.92 Å². The van der Waals surface area contributed by atoms with Crippen molar-refractivity contribution in [1.29, 1.82) is 0 Å². The Labute approximate surface area is 149 Å². The van der Waals surface area contributed by atoms with Crippen LogP contribution in [0.5, 0.6) is 0 Å². The van der Waals surface area contributed by atoms with Crippen LogP contribution in [0.1, 0.15) is 44.1 Å². The lowest BCUT2D eigenvalue weighted by atomic mass is 10.1. The summed E-state index contributed by atoms with van der Waals surface area (Å²) in [6, 6.07) is 6.11. The molecule has 2 N–H and O–H groups in total. The van der Waals surface area contributed by atoms with Crippen LogP contribution >= 0.6 is 11.8 Å². The summed E-state index contributed by atoms with van der Waals surface area (Å²) in [4.78, 5) is 14.4. The molecule has 0 unspecified atom stereocenters. The van der Waals surface area contributed by atoms with Gasteiger partial charge in [0.2, 0.25) is 0 Å². The maximum Gasteiger partial charge on any atom is 0.319 e. The number of aryl methyl sites for hydroxylation is 1. The molecule has 0 spiro atoms. The summed E-state index contributed by atoms with van der Waals surface area (Å²) in [6.07, 6.45) is 8.00. The van der Waals surface area contributed by atoms with Crippen molar-refractivity contribution in [3.8, 4) is 0 Å². The summed E-state index contributed by atoms with van der Waals surface area (Å²) in [7, 11) is 0. The van der Waals surface area contributed by atoms with Crippen molar-refractivity contribution < 1.29 is 4.79 Å². The minimum atomic E-state index is -0.102. The van der Waals surface area contributed by atoms with Gasteiger partial charge in [-0.05, 0) is 56.4 Å². The van der Waals surface area contributed by atoms with Gasteiger partial charge in [-0.15, -0.1) is 0 Å². The first-order chi connectivity index (χ1) is 11.7. The Balaban J connectivity index is 1.41. The highest BCUT2D eigenvalue weighted by Crippen LogP contribution is 2.29. The van der Waals surface area contributed by atoms with Gasteiger partial charge in [0.15, 0.2) is 0 Å². The van der Waals surface area contributed by atoms with Crippen molar-refractivity contribution in [3.63, 3.8) is 0 Å². The third-order valence-corrected chi connectivity index (χ3v) is 6.33. The van der Waals surface area contributed by atoms with Gasteiger partial charge >= 0.3 is 6.03 Å². The Hall–Kier alpha value is -1.36. The molecule has 0 aromatic heterocycles. The second-order valence-corrected chi connectivity index (χ2v) is 8.26. The van der Waals surface area contributed by atoms with Gasteiger partial charge in [0, 0.05) is 42.0 Å². The molecule has 1 aliphatic heterocycles. The number of nitrogens with one attached hydrogen (secondary N) is 2. The van der Waals surface area contributed by atoms with E-state index in [0.717, 1.165) is 36.3 Å². The third kappa shape index (κ3) is 4.82. The van der Waals surface area contributed by atoms with E-state index in [0.29, 0.717) is 0 Å². The van der Waals surface area contributed by atoms with E-state index in [-0.39, 0.29) is 6.03 Å². The van der Waals surface area contributed by atoms with Gasteiger partial charge in [-0.2, -0.15) is 11.8 Å². The number of rotatable bonds is 6. The average Bonchev–Trinajstić information content (AvgIpc) is 3.25. The Kier molecular flexibility index (Phi) is 6.30. The monoisotopic (exact) mass is 347 g/mol. The van der Waals surface area contributed by atoms with Crippen LogP contribution in [0.2, 0.25) is 0 Å². The van der Waals surface area contributed by atoms with Crippen molar-refractivity contribution in [2.75, 3.05) is 35.6 Å². The minimum Gasteiger partial charge on any atom is -0.371 e. The fraction of sp³-hybridized carbons (Fsp3) is 0.632. The molecule has 3 rings (SSSR count). The van der Waals surface area contributed by atoms with Crippen LogP contribution < -0.4 is 15.5 Å². The molecule has 2 fully saturated rings. The van der Waals surface area contributed by atoms with E-state index >= 15 is 0 Å². The van der Waals surface area contributed by atoms with E-state index in [4.69, 9.17) is 0 Å². The number of anilines is 2. The zero-order valence-electron chi connectivity index (χ0n) is 14.6. The van der Waals surface area contributed by atoms with Crippen LogP contribution in [-0.2, 0) is 0 Å². The van der Waals surface area contributed by atoms with Crippen molar-refractivity contribution in [2.45, 2.75) is 50.7 Å². The number of thioether (sulfide) groups is 1. The van der Waals surface area contributed by atoms with Gasteiger partial charge in [0.1, 0.15) is 0 Å². The molecular formula is C19H29N3OS. The summed E-state index contributed by atoms with van der Waals surface area (Å²) in [5.74, 6) is 1.00. The summed E-state index contributed by atoms with van der Waals surface area (Å²) < 4.78 is 0. The van der Waals surface area contributed by atoms with Crippen molar-refractivity contribution in [3.05, 3.63) is 23.8 Å². The standard InChI is InChI=1S/C19H29N3OS/c1-15-14-16(8-9-18(15)22-11-4-5-12-22)21-19(23)20-10-13-24-17-6-2-3-7-17/h8-9,14,17H,2-7,10-13H2,1H3,(H2,20,21,23). The molecule has 1 aromatic carbocycles. The number of carbonyl (C=O) groups excluding carboxylic acids is 1. The third-order valence-electron chi connectivity index (χ3n) is 4.94. The molecule has 2 aliphatic rings. The normalized spacial score (nSPS) is 18.1. The molecule has 1 saturated carbocycles. The van der Waals surface area contributed by atoms with E-state index in [1.165, 1.54) is 49.8 Å². The molecule has 5 heteroatoms. The van der Waals surface area contributed by atoms with Gasteiger partial charge < -0.3 is 15.5 Å². The number of nitrogens with zero attached hydrogens (tertiary/aromatic N) is 1. The molecule has 2 amide bonds. The van der Waals surface area contributed by atoms with E-state index in [1.807, 2.05) is 17.8 Å². The molecule has 0 radical (unpaired) electrons. The van der Waals surface area contributed by atoms with Gasteiger partial charge in [-0.1, -0.05) is 12.8 Å². The zero-order chi connectivity index (χ0) is 16.8. The van der Waals surface area contributed by atoms with Crippen LogP contribution in [-0.4, -0.2) is 36.7 Å². The smallest absolute Gasteiger partial charge is 0.319 e. The molecule has 1 aromatic rings. The van der Waals surface area contributed by atoms with Crippen LogP contribution in [0.25, 0.3) is 0 Å². The van der Waals surface area contributed by atoms with Crippen molar-refractivity contribution >= 4 is 29.2 Å². The molecule has 1 aliphatic carbocycles. The number of hydrogen-bond donors (Lipinski definition) is 2. The first-order valence-electron chi connectivity index (χ1n) is 9.24. The van der Waals surface area contributed by atoms with Crippen LogP contribution in [0.15, 0.2) is 18.2 Å². The van der Waals surface area contributed by atoms with Gasteiger partial charge in [-0.3, -0.25) is 0 Å². The molecule has 0 atom stereocenters. The molecule has 0 bridgehead atoms. The van der Waals surface area contributed by atoms with E-state index < -0.39 is 0 Å². The predicted molar refractivity (Wildman–Crippen MR) is 104 cm³/mol. The number of urea groups is 1. The second-order valence-electron chi connectivity index (χ2n) is 6.85. The maximum absolute atomic E-state index is 12.0. The lowest BCUT2D eigenvalue weighted by molar-refractivity contribution is 0.252. The largest absolute Gasteiger partial charge is 0.371 e. The summed E-state index contributed by atoms with van der Waals surface area (Å²) in [6.45, 7) is 5.15. The molecule has 132 valence electrons. The molecular weight excluding hydrogens is 318 g/mol. The summed E-state index contributed by atoms with van der Waals surface area (Å²) >= 11 is 2.00. The number of carbonyl (C=O) groups is 1. The van der Waals surface area contributed by atoms with Crippen molar-refractivity contribution in [1.82, 2.24) is 5.32 Å². The highest BCUT2D eigenvalue weighted by molar-refractivity contribution is 7.99. The lowest BCUT2D eigenvalue weighted by Gasteiger charge is -2.20. The SMILES string of the molecule is Cc1cc(NC(=O)NCCSC2CCCC2)ccc1N1CCCC1. The Bertz CT molecular complexity index is 552. The molecule has 24 heavy (non-hydrogen) atoms. The fourth-order valence-electron chi connectivity index (χ4n) is 3.67. The van der Waals surface area contributed by atoms with Crippen molar-refractivity contribution in [2.24, 2.45) is 0 Å². The summed E-state index contributed by atoms with van der Waals surface area (Å²) in [5, 5.41) is 6.73. The number of amides is 2. The Morgan fingerprint density at radius 2 is 1.96 bits per heavy atom. The fourth-order valence-corrected chi connectivity index (χ4v) is 4.89. The quantitative estimate of drug-likeness (QED) is 0.750. The lowest BCUT2D eigenvalue weighted by Crippen LogP contribution is -2.30. The number of benzene rings is 1. The Morgan fingerprint density at radius 1 is 1.21 bits per heavy atom. The minimum absolute atomic E-state index is 0.102. The molecule has 1 saturated heterocycles. The number of hydrogen-bond acceptors (Lipinski definition) is 3. The Morgan fingerprint density at radius 3 is 2.67 bits per heavy atom. The van der Waals surface area contributed by atoms with Crippen LogP contribution in [0.4, 0.5) is 16.2 Å². The van der Waals surface area contributed by atoms with Gasteiger partial charge in [0.25, 0.3) is 0 Å². The maximum atomic E-state index is 12.0. The highest BCUT2D eigenvalue weighted by Gasteiger charge is 2.16. The summed E-state index contributed by atoms with van der Waals surface area (Å²) in [5.41, 5.74) is 3.40. The molecule has 1 heterocycles. The van der Waals surface area contributed by atoms with E-state index in [9.17, 15) is 4.79 Å². The topological polar surface area (TPSA) is 44.4 Å². The highest BCUT2D eigenvalue weighted by atomic mass is 32.2. The van der Waals surface area contributed by atoms with Gasteiger partial charge in [0.05, 0.1) is 0 Å². The van der Waals surface area contributed by atoms with E-state index in [1.54, 1.807) is 0 Å². The van der Waals surface area contributed by atoms with Gasteiger partial charge in [-0.25, -0.2) is 4.79 Å². The average molecular weight is 348 g/mol. The van der Waals surface area contributed by atoms with Crippen LogP contribution in [0.3, 0.4) is 0 Å².